The van der Waals surface area contributed by atoms with Crippen LogP contribution < -0.4 is 5.32 Å². The maximum Gasteiger partial charge on any atom is 0.0583 e. The molecule has 2 saturated carbocycles. The molecule has 0 bridgehead atoms. The van der Waals surface area contributed by atoms with Crippen LogP contribution in [0.25, 0.3) is 0 Å². The number of likely N-dealkylation sites (tertiary alicyclic amines) is 1. The molecule has 19 heavy (non-hydrogen) atoms. The van der Waals surface area contributed by atoms with E-state index in [-0.39, 0.29) is 6.10 Å². The van der Waals surface area contributed by atoms with E-state index in [1.807, 2.05) is 0 Å². The molecule has 3 nitrogen and oxygen atoms in total. The third kappa shape index (κ3) is 2.45. The second kappa shape index (κ2) is 5.01. The summed E-state index contributed by atoms with van der Waals surface area (Å²) in [4.78, 5) is 2.63. The van der Waals surface area contributed by atoms with Crippen molar-refractivity contribution in [2.75, 3.05) is 26.7 Å². The number of nitrogens with one attached hydrogen (secondary N) is 1. The molecule has 5 atom stereocenters. The Morgan fingerprint density at radius 3 is 2.68 bits per heavy atom. The molecule has 110 valence electrons. The number of aliphatic hydroxyl groups excluding tert-OH is 1. The average molecular weight is 266 g/mol. The summed E-state index contributed by atoms with van der Waals surface area (Å²) in [6.07, 6.45) is 4.96. The highest BCUT2D eigenvalue weighted by atomic mass is 16.3. The van der Waals surface area contributed by atoms with Crippen molar-refractivity contribution in [3.05, 3.63) is 0 Å². The molecule has 2 aliphatic carbocycles. The summed E-state index contributed by atoms with van der Waals surface area (Å²) >= 11 is 0. The molecule has 0 aromatic heterocycles. The maximum absolute atomic E-state index is 10.0. The van der Waals surface area contributed by atoms with Crippen LogP contribution in [-0.2, 0) is 0 Å². The Morgan fingerprint density at radius 1 is 1.21 bits per heavy atom. The van der Waals surface area contributed by atoms with Gasteiger partial charge in [-0.05, 0) is 50.0 Å². The van der Waals surface area contributed by atoms with Crippen LogP contribution in [0.2, 0.25) is 0 Å². The first kappa shape index (κ1) is 13.8. The fourth-order valence-corrected chi connectivity index (χ4v) is 5.15. The van der Waals surface area contributed by atoms with Gasteiger partial charge in [-0.3, -0.25) is 0 Å². The summed E-state index contributed by atoms with van der Waals surface area (Å²) in [5.41, 5.74) is 0.439. The smallest absolute Gasteiger partial charge is 0.0583 e. The summed E-state index contributed by atoms with van der Waals surface area (Å²) in [6.45, 7) is 8.40. The van der Waals surface area contributed by atoms with Crippen LogP contribution in [0, 0.1) is 23.2 Å². The molecule has 0 amide bonds. The van der Waals surface area contributed by atoms with Gasteiger partial charge in [-0.25, -0.2) is 0 Å². The quantitative estimate of drug-likeness (QED) is 0.816. The highest BCUT2D eigenvalue weighted by Gasteiger charge is 2.45. The molecule has 2 N–H and O–H groups in total. The lowest BCUT2D eigenvalue weighted by molar-refractivity contribution is 0.120. The van der Waals surface area contributed by atoms with E-state index < -0.39 is 0 Å². The second-order valence-electron chi connectivity index (χ2n) is 7.84. The van der Waals surface area contributed by atoms with E-state index in [0.29, 0.717) is 17.4 Å². The van der Waals surface area contributed by atoms with Gasteiger partial charge in [0.2, 0.25) is 0 Å². The van der Waals surface area contributed by atoms with E-state index in [9.17, 15) is 5.11 Å². The number of aliphatic hydroxyl groups is 1. The van der Waals surface area contributed by atoms with E-state index in [1.165, 1.54) is 32.4 Å². The summed E-state index contributed by atoms with van der Waals surface area (Å²) in [7, 11) is 2.12. The van der Waals surface area contributed by atoms with Crippen LogP contribution in [0.4, 0.5) is 0 Å². The van der Waals surface area contributed by atoms with Gasteiger partial charge in [0.05, 0.1) is 6.10 Å². The fourth-order valence-electron chi connectivity index (χ4n) is 5.15. The van der Waals surface area contributed by atoms with Crippen molar-refractivity contribution in [1.29, 1.82) is 0 Å². The molecule has 3 heteroatoms. The number of fused-ring (bicyclic) bond motifs is 1. The minimum absolute atomic E-state index is 0.0184. The Hall–Kier alpha value is -0.120. The molecule has 0 aromatic carbocycles. The third-order valence-corrected chi connectivity index (χ3v) is 6.17. The van der Waals surface area contributed by atoms with Crippen molar-refractivity contribution in [2.24, 2.45) is 23.2 Å². The van der Waals surface area contributed by atoms with E-state index in [4.69, 9.17) is 0 Å². The van der Waals surface area contributed by atoms with Gasteiger partial charge in [-0.2, -0.15) is 0 Å². The van der Waals surface area contributed by atoms with Crippen LogP contribution >= 0.6 is 0 Å². The lowest BCUT2D eigenvalue weighted by atomic mass is 9.85. The molecular formula is C16H30N2O. The largest absolute Gasteiger partial charge is 0.393 e. The maximum atomic E-state index is 10.0. The summed E-state index contributed by atoms with van der Waals surface area (Å²) < 4.78 is 0. The first-order valence-electron chi connectivity index (χ1n) is 8.09. The second-order valence-corrected chi connectivity index (χ2v) is 7.84. The predicted octanol–water partition coefficient (Wildman–Crippen LogP) is 1.71. The summed E-state index contributed by atoms with van der Waals surface area (Å²) in [5, 5.41) is 13.6. The van der Waals surface area contributed by atoms with Crippen molar-refractivity contribution in [1.82, 2.24) is 10.2 Å². The number of hydrogen-bond donors (Lipinski definition) is 2. The van der Waals surface area contributed by atoms with Crippen LogP contribution in [0.5, 0.6) is 0 Å². The van der Waals surface area contributed by atoms with E-state index >= 15 is 0 Å². The Kier molecular flexibility index (Phi) is 3.65. The van der Waals surface area contributed by atoms with Crippen molar-refractivity contribution < 1.29 is 5.11 Å². The van der Waals surface area contributed by atoms with Crippen LogP contribution in [0.15, 0.2) is 0 Å². The SMILES string of the molecule is CNC1C(CN2CC3CCC(O)C3C2)CCC1(C)C. The van der Waals surface area contributed by atoms with Gasteiger partial charge in [0.25, 0.3) is 0 Å². The number of rotatable bonds is 3. The summed E-state index contributed by atoms with van der Waals surface area (Å²) in [6, 6.07) is 0.651. The molecule has 0 spiro atoms. The Labute approximate surface area is 117 Å². The van der Waals surface area contributed by atoms with Crippen molar-refractivity contribution in [2.45, 2.75) is 51.7 Å². The van der Waals surface area contributed by atoms with E-state index in [0.717, 1.165) is 24.8 Å². The Bertz CT molecular complexity index is 331. The molecule has 3 aliphatic rings. The number of nitrogens with zero attached hydrogens (tertiary/aromatic N) is 1. The normalized spacial score (nSPS) is 45.8. The van der Waals surface area contributed by atoms with Crippen LogP contribution in [-0.4, -0.2) is 48.8 Å². The van der Waals surface area contributed by atoms with Gasteiger partial charge < -0.3 is 15.3 Å². The third-order valence-electron chi connectivity index (χ3n) is 6.17. The molecule has 0 radical (unpaired) electrons. The van der Waals surface area contributed by atoms with E-state index in [2.05, 4.69) is 31.1 Å². The molecule has 1 heterocycles. The van der Waals surface area contributed by atoms with Crippen LogP contribution in [0.3, 0.4) is 0 Å². The Balaban J connectivity index is 1.58. The minimum Gasteiger partial charge on any atom is -0.393 e. The molecular weight excluding hydrogens is 236 g/mol. The van der Waals surface area contributed by atoms with Crippen molar-refractivity contribution >= 4 is 0 Å². The van der Waals surface area contributed by atoms with Gasteiger partial charge in [0.1, 0.15) is 0 Å². The number of hydrogen-bond acceptors (Lipinski definition) is 3. The average Bonchev–Trinajstić information content (AvgIpc) is 2.97. The van der Waals surface area contributed by atoms with Crippen molar-refractivity contribution in [3.63, 3.8) is 0 Å². The van der Waals surface area contributed by atoms with Gasteiger partial charge >= 0.3 is 0 Å². The highest BCUT2D eigenvalue weighted by Crippen LogP contribution is 2.43. The van der Waals surface area contributed by atoms with Crippen LogP contribution in [0.1, 0.15) is 39.5 Å². The predicted molar refractivity (Wildman–Crippen MR) is 78.0 cm³/mol. The van der Waals surface area contributed by atoms with Gasteiger partial charge in [0, 0.05) is 31.6 Å². The molecule has 1 aliphatic heterocycles. The minimum atomic E-state index is -0.0184. The molecule has 0 aromatic rings. The first-order valence-corrected chi connectivity index (χ1v) is 8.09. The van der Waals surface area contributed by atoms with Gasteiger partial charge in [-0.1, -0.05) is 13.8 Å². The molecule has 3 fully saturated rings. The summed E-state index contributed by atoms with van der Waals surface area (Å²) in [5.74, 6) is 2.14. The van der Waals surface area contributed by atoms with Crippen molar-refractivity contribution in [3.8, 4) is 0 Å². The van der Waals surface area contributed by atoms with E-state index in [1.54, 1.807) is 0 Å². The molecule has 5 unspecified atom stereocenters. The van der Waals surface area contributed by atoms with Gasteiger partial charge in [0.15, 0.2) is 0 Å². The molecule has 3 rings (SSSR count). The highest BCUT2D eigenvalue weighted by molar-refractivity contribution is 4.99. The molecule has 1 saturated heterocycles. The monoisotopic (exact) mass is 266 g/mol. The lowest BCUT2D eigenvalue weighted by Gasteiger charge is -2.32. The Morgan fingerprint density at radius 2 is 2.00 bits per heavy atom. The van der Waals surface area contributed by atoms with Gasteiger partial charge in [-0.15, -0.1) is 0 Å². The topological polar surface area (TPSA) is 35.5 Å². The lowest BCUT2D eigenvalue weighted by Crippen LogP contribution is -2.44. The zero-order valence-electron chi connectivity index (χ0n) is 12.7. The standard InChI is InChI=1S/C16H30N2O/c1-16(2)7-6-12(15(16)17-3)9-18-8-11-4-5-14(19)13(11)10-18/h11-15,17,19H,4-10H2,1-3H3. The first-order chi connectivity index (χ1) is 9.01. The zero-order valence-corrected chi connectivity index (χ0v) is 12.7. The zero-order chi connectivity index (χ0) is 13.6. The fraction of sp³-hybridized carbons (Fsp3) is 1.00.